The van der Waals surface area contributed by atoms with Crippen molar-refractivity contribution in [2.45, 2.75) is 44.4 Å². The quantitative estimate of drug-likeness (QED) is 0.435. The van der Waals surface area contributed by atoms with Gasteiger partial charge < -0.3 is 15.8 Å². The topological polar surface area (TPSA) is 98.5 Å². The van der Waals surface area contributed by atoms with Gasteiger partial charge in [0.1, 0.15) is 12.0 Å². The zero-order valence-electron chi connectivity index (χ0n) is 17.8. The van der Waals surface area contributed by atoms with Crippen molar-refractivity contribution in [2.24, 2.45) is 5.73 Å². The lowest BCUT2D eigenvalue weighted by atomic mass is 9.76. The van der Waals surface area contributed by atoms with Crippen LogP contribution in [0.25, 0.3) is 0 Å². The zero-order valence-corrected chi connectivity index (χ0v) is 17.8. The van der Waals surface area contributed by atoms with E-state index in [1.807, 2.05) is 6.07 Å². The molecule has 0 aliphatic rings. The van der Waals surface area contributed by atoms with Crippen LogP contribution in [0.1, 0.15) is 76.3 Å². The Bertz CT molecular complexity index is 895. The number of amides is 2. The van der Waals surface area contributed by atoms with Gasteiger partial charge in [-0.15, -0.1) is 0 Å². The van der Waals surface area contributed by atoms with Crippen LogP contribution < -0.4 is 15.8 Å². The summed E-state index contributed by atoms with van der Waals surface area (Å²) in [6.07, 6.45) is 4.38. The van der Waals surface area contributed by atoms with Crippen molar-refractivity contribution >= 4 is 18.1 Å². The summed E-state index contributed by atoms with van der Waals surface area (Å²) in [5.41, 5.74) is 8.21. The van der Waals surface area contributed by atoms with E-state index in [2.05, 4.69) is 12.2 Å². The molecule has 160 valence electrons. The smallest absolute Gasteiger partial charge is 0.251 e. The van der Waals surface area contributed by atoms with Crippen LogP contribution in [-0.2, 0) is 4.79 Å². The number of carbonyl (C=O) groups is 3. The van der Waals surface area contributed by atoms with E-state index in [0.717, 1.165) is 31.1 Å². The molecule has 0 saturated heterocycles. The first-order valence-corrected chi connectivity index (χ1v) is 10.2. The van der Waals surface area contributed by atoms with Gasteiger partial charge in [-0.3, -0.25) is 14.4 Å². The van der Waals surface area contributed by atoms with Crippen molar-refractivity contribution in [2.75, 3.05) is 14.2 Å². The Morgan fingerprint density at radius 1 is 1.13 bits per heavy atom. The first-order valence-electron chi connectivity index (χ1n) is 10.2. The van der Waals surface area contributed by atoms with Gasteiger partial charge in [0.25, 0.3) is 5.91 Å². The minimum atomic E-state index is -0.716. The fourth-order valence-electron chi connectivity index (χ4n) is 3.90. The van der Waals surface area contributed by atoms with Crippen LogP contribution in [0, 0.1) is 0 Å². The molecule has 0 bridgehead atoms. The fraction of sp³-hybridized carbons (Fsp3) is 0.375. The Morgan fingerprint density at radius 2 is 1.87 bits per heavy atom. The molecule has 3 N–H and O–H groups in total. The number of nitrogens with two attached hydrogens (primary N) is 1. The predicted molar refractivity (Wildman–Crippen MR) is 117 cm³/mol. The molecular formula is C24H30N2O4. The van der Waals surface area contributed by atoms with Crippen LogP contribution in [0.5, 0.6) is 5.75 Å². The molecule has 0 aliphatic heterocycles. The maximum Gasteiger partial charge on any atom is 0.251 e. The van der Waals surface area contributed by atoms with Gasteiger partial charge in [0.15, 0.2) is 0 Å². The third-order valence-electron chi connectivity index (χ3n) is 5.39. The Hall–Kier alpha value is -3.15. The lowest BCUT2D eigenvalue weighted by Gasteiger charge is -2.28. The highest BCUT2D eigenvalue weighted by molar-refractivity contribution is 5.98. The van der Waals surface area contributed by atoms with E-state index in [1.165, 1.54) is 7.11 Å². The monoisotopic (exact) mass is 410 g/mol. The number of carbonyl (C=O) groups excluding carboxylic acids is 3. The molecule has 0 heterocycles. The minimum Gasteiger partial charge on any atom is -0.496 e. The van der Waals surface area contributed by atoms with Crippen molar-refractivity contribution < 1.29 is 19.1 Å². The summed E-state index contributed by atoms with van der Waals surface area (Å²) in [5, 5.41) is 2.63. The highest BCUT2D eigenvalue weighted by Gasteiger charge is 2.33. The Morgan fingerprint density at radius 3 is 2.47 bits per heavy atom. The average molecular weight is 411 g/mol. The molecule has 2 rings (SSSR count). The van der Waals surface area contributed by atoms with Gasteiger partial charge in [-0.2, -0.15) is 0 Å². The molecule has 2 aromatic rings. The number of aldehydes is 1. The summed E-state index contributed by atoms with van der Waals surface area (Å²) in [5.74, 6) is -1.26. The lowest BCUT2D eigenvalue weighted by molar-refractivity contribution is -0.120. The summed E-state index contributed by atoms with van der Waals surface area (Å²) >= 11 is 0. The molecule has 0 saturated carbocycles. The van der Waals surface area contributed by atoms with Crippen LogP contribution in [0.15, 0.2) is 42.5 Å². The summed E-state index contributed by atoms with van der Waals surface area (Å²) in [4.78, 5) is 36.4. The molecule has 0 radical (unpaired) electrons. The van der Waals surface area contributed by atoms with E-state index in [-0.39, 0.29) is 11.8 Å². The summed E-state index contributed by atoms with van der Waals surface area (Å²) < 4.78 is 5.55. The highest BCUT2D eigenvalue weighted by Crippen LogP contribution is 2.42. The van der Waals surface area contributed by atoms with Gasteiger partial charge in [-0.1, -0.05) is 56.5 Å². The molecule has 2 aromatic carbocycles. The molecule has 0 aliphatic carbocycles. The van der Waals surface area contributed by atoms with Crippen molar-refractivity contribution in [1.29, 1.82) is 0 Å². The molecule has 6 heteroatoms. The molecular weight excluding hydrogens is 380 g/mol. The fourth-order valence-corrected chi connectivity index (χ4v) is 3.90. The van der Waals surface area contributed by atoms with Crippen LogP contribution in [-0.4, -0.2) is 32.3 Å². The maximum absolute atomic E-state index is 12.7. The minimum absolute atomic E-state index is 0.271. The lowest BCUT2D eigenvalue weighted by Crippen LogP contribution is -2.30. The third-order valence-corrected chi connectivity index (χ3v) is 5.39. The van der Waals surface area contributed by atoms with Gasteiger partial charge in [0, 0.05) is 24.1 Å². The van der Waals surface area contributed by atoms with Crippen molar-refractivity contribution in [3.05, 3.63) is 64.7 Å². The molecule has 0 fully saturated rings. The predicted octanol–water partition coefficient (Wildman–Crippen LogP) is 3.80. The second-order valence-electron chi connectivity index (χ2n) is 7.27. The first-order chi connectivity index (χ1) is 14.5. The van der Waals surface area contributed by atoms with Crippen LogP contribution in [0.4, 0.5) is 0 Å². The van der Waals surface area contributed by atoms with Crippen molar-refractivity contribution in [3.8, 4) is 5.75 Å². The number of methoxy groups -OCH3 is 1. The van der Waals surface area contributed by atoms with E-state index in [0.29, 0.717) is 28.9 Å². The van der Waals surface area contributed by atoms with Gasteiger partial charge in [0.05, 0.1) is 13.0 Å². The van der Waals surface area contributed by atoms with Gasteiger partial charge in [-0.05, 0) is 29.7 Å². The van der Waals surface area contributed by atoms with Crippen molar-refractivity contribution in [3.63, 3.8) is 0 Å². The molecule has 0 aromatic heterocycles. The van der Waals surface area contributed by atoms with E-state index in [9.17, 15) is 14.4 Å². The molecule has 2 atom stereocenters. The Labute approximate surface area is 177 Å². The molecule has 2 amide bonds. The summed E-state index contributed by atoms with van der Waals surface area (Å²) in [6.45, 7) is 2.11. The average Bonchev–Trinajstić information content (AvgIpc) is 2.77. The second kappa shape index (κ2) is 11.1. The number of unbranched alkanes of at least 4 members (excludes halogenated alkanes) is 2. The number of ether oxygens (including phenoxy) is 1. The number of primary amides is 1. The number of benzene rings is 2. The number of rotatable bonds is 11. The summed E-state index contributed by atoms with van der Waals surface area (Å²) in [7, 11) is 3.09. The van der Waals surface area contributed by atoms with Gasteiger partial charge >= 0.3 is 0 Å². The largest absolute Gasteiger partial charge is 0.496 e. The zero-order chi connectivity index (χ0) is 22.1. The van der Waals surface area contributed by atoms with Crippen LogP contribution in [0.3, 0.4) is 0 Å². The number of hydrogen-bond donors (Lipinski definition) is 2. The first kappa shape index (κ1) is 23.1. The van der Waals surface area contributed by atoms with Gasteiger partial charge in [-0.25, -0.2) is 0 Å². The molecule has 0 spiro atoms. The van der Waals surface area contributed by atoms with Crippen LogP contribution in [0.2, 0.25) is 0 Å². The van der Waals surface area contributed by atoms with E-state index < -0.39 is 11.8 Å². The Kier molecular flexibility index (Phi) is 8.59. The molecule has 30 heavy (non-hydrogen) atoms. The van der Waals surface area contributed by atoms with E-state index >= 15 is 0 Å². The van der Waals surface area contributed by atoms with Crippen LogP contribution >= 0.6 is 0 Å². The second-order valence-corrected chi connectivity index (χ2v) is 7.27. The maximum atomic E-state index is 12.7. The normalized spacial score (nSPS) is 12.6. The number of hydrogen-bond acceptors (Lipinski definition) is 4. The summed E-state index contributed by atoms with van der Waals surface area (Å²) in [6, 6.07) is 12.2. The van der Waals surface area contributed by atoms with E-state index in [1.54, 1.807) is 43.4 Å². The molecule has 2 unspecified atom stereocenters. The Balaban J connectivity index is 2.65. The van der Waals surface area contributed by atoms with Crippen molar-refractivity contribution in [1.82, 2.24) is 5.32 Å². The third kappa shape index (κ3) is 5.26. The SMILES string of the molecule is CCCCCC(c1ccc(C=O)cc1OC)C(C(N)=O)c1ccccc1C(=O)NC. The standard InChI is InChI=1S/C24H30N2O4/c1-4-5-6-9-18(17-13-12-16(15-27)14-21(17)30-3)22(23(25)28)19-10-7-8-11-20(19)24(29)26-2/h7-8,10-15,18,22H,4-6,9H2,1-3H3,(H2,25,28)(H,26,29). The highest BCUT2D eigenvalue weighted by atomic mass is 16.5. The van der Waals surface area contributed by atoms with E-state index in [4.69, 9.17) is 10.5 Å². The molecule has 6 nitrogen and oxygen atoms in total. The number of nitrogens with one attached hydrogen (secondary N) is 1. The van der Waals surface area contributed by atoms with Gasteiger partial charge in [0.2, 0.25) is 5.91 Å².